The first-order valence-electron chi connectivity index (χ1n) is 5.22. The molecule has 1 unspecified atom stereocenters. The van der Waals surface area contributed by atoms with Gasteiger partial charge in [0, 0.05) is 29.1 Å². The highest BCUT2D eigenvalue weighted by molar-refractivity contribution is 8.06. The van der Waals surface area contributed by atoms with E-state index in [1.54, 1.807) is 13.8 Å². The van der Waals surface area contributed by atoms with Crippen molar-refractivity contribution < 1.29 is 4.79 Å². The number of nitrogens with two attached hydrogens (primary N) is 1. The second kappa shape index (κ2) is 6.12. The van der Waals surface area contributed by atoms with Crippen molar-refractivity contribution in [3.05, 3.63) is 0 Å². The molecule has 0 aromatic rings. The number of hydrogen-bond acceptors (Lipinski definition) is 4. The highest BCUT2D eigenvalue weighted by Crippen LogP contribution is 2.23. The molecule has 0 bridgehead atoms. The van der Waals surface area contributed by atoms with E-state index in [9.17, 15) is 4.79 Å². The van der Waals surface area contributed by atoms with Crippen molar-refractivity contribution in [2.75, 3.05) is 23.8 Å². The Morgan fingerprint density at radius 3 is 2.75 bits per heavy atom. The van der Waals surface area contributed by atoms with E-state index in [2.05, 4.69) is 5.32 Å². The first-order chi connectivity index (χ1) is 7.44. The van der Waals surface area contributed by atoms with Gasteiger partial charge in [0.15, 0.2) is 0 Å². The molecule has 1 aliphatic heterocycles. The zero-order valence-corrected chi connectivity index (χ0v) is 12.1. The largest absolute Gasteiger partial charge is 0.392 e. The monoisotopic (exact) mass is 278 g/mol. The van der Waals surface area contributed by atoms with Gasteiger partial charge >= 0.3 is 0 Å². The van der Waals surface area contributed by atoms with Gasteiger partial charge in [-0.15, -0.1) is 0 Å². The smallest absolute Gasteiger partial charge is 0.232 e. The van der Waals surface area contributed by atoms with E-state index < -0.39 is 5.41 Å². The van der Waals surface area contributed by atoms with Crippen LogP contribution in [0.25, 0.3) is 0 Å². The number of hydrogen-bond donors (Lipinski definition) is 2. The van der Waals surface area contributed by atoms with E-state index in [1.165, 1.54) is 11.5 Å². The third kappa shape index (κ3) is 3.82. The molecule has 1 heterocycles. The van der Waals surface area contributed by atoms with Crippen LogP contribution in [0, 0.1) is 5.41 Å². The minimum absolute atomic E-state index is 0.0730. The average molecular weight is 278 g/mol. The average Bonchev–Trinajstić information content (AvgIpc) is 2.27. The van der Waals surface area contributed by atoms with Crippen molar-refractivity contribution in [1.29, 1.82) is 0 Å². The molecular weight excluding hydrogens is 260 g/mol. The predicted octanol–water partition coefficient (Wildman–Crippen LogP) is 1.26. The number of nitrogens with one attached hydrogen (secondary N) is 1. The third-order valence-electron chi connectivity index (χ3n) is 2.56. The highest BCUT2D eigenvalue weighted by Gasteiger charge is 2.31. The fourth-order valence-electron chi connectivity index (χ4n) is 1.19. The molecule has 0 spiro atoms. The molecule has 1 saturated heterocycles. The molecule has 1 fully saturated rings. The van der Waals surface area contributed by atoms with Crippen molar-refractivity contribution in [3.8, 4) is 0 Å². The van der Waals surface area contributed by atoms with Crippen molar-refractivity contribution >= 4 is 46.6 Å². The molecule has 3 nitrogen and oxygen atoms in total. The van der Waals surface area contributed by atoms with Crippen LogP contribution >= 0.6 is 35.7 Å². The topological polar surface area (TPSA) is 55.1 Å². The second-order valence-electron chi connectivity index (χ2n) is 4.27. The fraction of sp³-hybridized carbons (Fsp3) is 0.800. The number of thiocarbonyl (C=S) groups is 1. The summed E-state index contributed by atoms with van der Waals surface area (Å²) in [5, 5.41) is 3.45. The van der Waals surface area contributed by atoms with Crippen LogP contribution in [0.5, 0.6) is 0 Å². The summed E-state index contributed by atoms with van der Waals surface area (Å²) in [6.45, 7) is 4.23. The molecule has 1 atom stereocenters. The maximum Gasteiger partial charge on any atom is 0.232 e. The Kier molecular flexibility index (Phi) is 5.40. The van der Waals surface area contributed by atoms with Crippen LogP contribution in [0.1, 0.15) is 13.8 Å². The summed E-state index contributed by atoms with van der Waals surface area (Å²) in [6.07, 6.45) is 0. The first kappa shape index (κ1) is 14.1. The first-order valence-corrected chi connectivity index (χ1v) is 7.83. The molecule has 0 aromatic heterocycles. The molecule has 0 aromatic carbocycles. The van der Waals surface area contributed by atoms with Gasteiger partial charge in [-0.1, -0.05) is 12.2 Å². The normalized spacial score (nSPS) is 21.5. The van der Waals surface area contributed by atoms with Crippen LogP contribution in [0.15, 0.2) is 0 Å². The van der Waals surface area contributed by atoms with Crippen LogP contribution in [0.4, 0.5) is 0 Å². The SMILES string of the molecule is CC(C)(C(=O)NCC1CSCCS1)C(N)=S. The van der Waals surface area contributed by atoms with Crippen molar-refractivity contribution in [2.45, 2.75) is 19.1 Å². The van der Waals surface area contributed by atoms with Crippen LogP contribution in [-0.2, 0) is 4.79 Å². The summed E-state index contributed by atoms with van der Waals surface area (Å²) < 4.78 is 0. The van der Waals surface area contributed by atoms with Gasteiger partial charge in [-0.2, -0.15) is 23.5 Å². The summed E-state index contributed by atoms with van der Waals surface area (Å²) in [4.78, 5) is 12.1. The lowest BCUT2D eigenvalue weighted by molar-refractivity contribution is -0.126. The van der Waals surface area contributed by atoms with Gasteiger partial charge in [0.2, 0.25) is 5.91 Å². The van der Waals surface area contributed by atoms with Crippen molar-refractivity contribution in [1.82, 2.24) is 5.32 Å². The van der Waals surface area contributed by atoms with Gasteiger partial charge in [-0.3, -0.25) is 4.79 Å². The zero-order valence-electron chi connectivity index (χ0n) is 9.62. The van der Waals surface area contributed by atoms with Crippen molar-refractivity contribution in [2.24, 2.45) is 11.1 Å². The van der Waals surface area contributed by atoms with Crippen LogP contribution in [-0.4, -0.2) is 39.9 Å². The van der Waals surface area contributed by atoms with E-state index in [-0.39, 0.29) is 10.9 Å². The minimum Gasteiger partial charge on any atom is -0.392 e. The Morgan fingerprint density at radius 1 is 1.56 bits per heavy atom. The maximum absolute atomic E-state index is 11.9. The molecular formula is C10H18N2OS3. The zero-order chi connectivity index (χ0) is 12.2. The molecule has 0 radical (unpaired) electrons. The van der Waals surface area contributed by atoms with E-state index in [4.69, 9.17) is 18.0 Å². The van der Waals surface area contributed by atoms with Crippen LogP contribution < -0.4 is 11.1 Å². The summed E-state index contributed by atoms with van der Waals surface area (Å²) in [5.41, 5.74) is 4.79. The maximum atomic E-state index is 11.9. The summed E-state index contributed by atoms with van der Waals surface area (Å²) >= 11 is 8.76. The molecule has 1 aliphatic rings. The Hall–Kier alpha value is 0.0600. The Balaban J connectivity index is 2.37. The molecule has 3 N–H and O–H groups in total. The summed E-state index contributed by atoms with van der Waals surface area (Å²) in [5.74, 6) is 3.42. The molecule has 16 heavy (non-hydrogen) atoms. The molecule has 92 valence electrons. The second-order valence-corrected chi connectivity index (χ2v) is 7.26. The molecule has 1 amide bonds. The lowest BCUT2D eigenvalue weighted by Gasteiger charge is -2.25. The van der Waals surface area contributed by atoms with E-state index in [0.29, 0.717) is 11.8 Å². The van der Waals surface area contributed by atoms with Gasteiger partial charge in [0.1, 0.15) is 0 Å². The number of amides is 1. The molecule has 6 heteroatoms. The molecule has 0 saturated carbocycles. The van der Waals surface area contributed by atoms with Gasteiger partial charge in [0.05, 0.1) is 10.4 Å². The van der Waals surface area contributed by atoms with E-state index in [1.807, 2.05) is 23.5 Å². The van der Waals surface area contributed by atoms with Gasteiger partial charge in [-0.25, -0.2) is 0 Å². The van der Waals surface area contributed by atoms with Gasteiger partial charge < -0.3 is 11.1 Å². The minimum atomic E-state index is -0.748. The number of rotatable bonds is 4. The number of carbonyl (C=O) groups is 1. The predicted molar refractivity (Wildman–Crippen MR) is 77.1 cm³/mol. The van der Waals surface area contributed by atoms with E-state index in [0.717, 1.165) is 5.75 Å². The third-order valence-corrected chi connectivity index (χ3v) is 5.91. The summed E-state index contributed by atoms with van der Waals surface area (Å²) in [6, 6.07) is 0. The Bertz CT molecular complexity index is 275. The van der Waals surface area contributed by atoms with Gasteiger partial charge in [0.25, 0.3) is 0 Å². The lowest BCUT2D eigenvalue weighted by Crippen LogP contribution is -2.47. The van der Waals surface area contributed by atoms with Crippen LogP contribution in [0.3, 0.4) is 0 Å². The standard InChI is InChI=1S/C10H18N2OS3/c1-10(2,8(11)14)9(13)12-5-7-6-15-3-4-16-7/h7H,3-6H2,1-2H3,(H2,11,14)(H,12,13). The fourth-order valence-corrected chi connectivity index (χ4v) is 3.90. The Morgan fingerprint density at radius 2 is 2.25 bits per heavy atom. The number of carbonyl (C=O) groups excluding carboxylic acids is 1. The molecule has 0 aliphatic carbocycles. The van der Waals surface area contributed by atoms with Crippen molar-refractivity contribution in [3.63, 3.8) is 0 Å². The summed E-state index contributed by atoms with van der Waals surface area (Å²) in [7, 11) is 0. The highest BCUT2D eigenvalue weighted by atomic mass is 32.2. The number of thioether (sulfide) groups is 2. The molecule has 1 rings (SSSR count). The van der Waals surface area contributed by atoms with Crippen LogP contribution in [0.2, 0.25) is 0 Å². The quantitative estimate of drug-likeness (QED) is 0.758. The Labute approximate surface area is 111 Å². The van der Waals surface area contributed by atoms with Gasteiger partial charge in [-0.05, 0) is 13.8 Å². The van der Waals surface area contributed by atoms with E-state index >= 15 is 0 Å². The lowest BCUT2D eigenvalue weighted by atomic mass is 9.92.